The summed E-state index contributed by atoms with van der Waals surface area (Å²) in [5.74, 6) is -0.178. The summed E-state index contributed by atoms with van der Waals surface area (Å²) in [5, 5.41) is 3.19. The van der Waals surface area contributed by atoms with E-state index in [2.05, 4.69) is 5.32 Å². The first kappa shape index (κ1) is 28.2. The van der Waals surface area contributed by atoms with Crippen molar-refractivity contribution in [1.82, 2.24) is 4.90 Å². The van der Waals surface area contributed by atoms with Crippen molar-refractivity contribution in [3.05, 3.63) is 88.9 Å². The molecule has 0 aromatic heterocycles. The minimum Gasteiger partial charge on any atom is -0.497 e. The molecule has 1 heterocycles. The second kappa shape index (κ2) is 13.3. The molecule has 1 saturated heterocycles. The lowest BCUT2D eigenvalue weighted by molar-refractivity contribution is -0.129. The van der Waals surface area contributed by atoms with E-state index in [9.17, 15) is 14.4 Å². The van der Waals surface area contributed by atoms with E-state index in [4.69, 9.17) is 26.1 Å². The van der Waals surface area contributed by atoms with E-state index in [0.717, 1.165) is 11.3 Å². The number of rotatable bonds is 9. The summed E-state index contributed by atoms with van der Waals surface area (Å²) in [7, 11) is 1.61. The Morgan fingerprint density at radius 3 is 2.38 bits per heavy atom. The number of nitrogens with one attached hydrogen (secondary N) is 1. The number of aliphatic imine (C=N–C) groups is 1. The largest absolute Gasteiger partial charge is 0.497 e. The molecule has 2 amide bonds. The number of hydrogen-bond donors (Lipinski definition) is 1. The van der Waals surface area contributed by atoms with Gasteiger partial charge in [-0.15, -0.1) is 0 Å². The lowest BCUT2D eigenvalue weighted by atomic mass is 10.1. The number of halogens is 1. The molecule has 1 aliphatic rings. The Hall–Kier alpha value is -3.82. The third-order valence-electron chi connectivity index (χ3n) is 5.93. The fourth-order valence-electron chi connectivity index (χ4n) is 3.85. The van der Waals surface area contributed by atoms with E-state index >= 15 is 0 Å². The first-order valence-corrected chi connectivity index (χ1v) is 13.6. The number of ether oxygens (including phenoxy) is 2. The molecule has 4 rings (SSSR count). The van der Waals surface area contributed by atoms with Crippen LogP contribution in [-0.2, 0) is 20.7 Å². The Labute approximate surface area is 236 Å². The molecule has 1 aliphatic heterocycles. The highest BCUT2D eigenvalue weighted by Gasteiger charge is 2.35. The van der Waals surface area contributed by atoms with Gasteiger partial charge in [-0.1, -0.05) is 35.5 Å². The molecule has 39 heavy (non-hydrogen) atoms. The van der Waals surface area contributed by atoms with Crippen LogP contribution < -0.4 is 10.1 Å². The number of benzene rings is 3. The van der Waals surface area contributed by atoms with Crippen LogP contribution in [0.4, 0.5) is 11.4 Å². The molecule has 0 radical (unpaired) electrons. The summed E-state index contributed by atoms with van der Waals surface area (Å²) in [6.45, 7) is 2.43. The van der Waals surface area contributed by atoms with Crippen molar-refractivity contribution in [3.63, 3.8) is 0 Å². The van der Waals surface area contributed by atoms with Crippen LogP contribution in [0.2, 0.25) is 5.02 Å². The number of carbonyl (C=O) groups is 3. The minimum absolute atomic E-state index is 0.0274. The predicted molar refractivity (Wildman–Crippen MR) is 154 cm³/mol. The highest BCUT2D eigenvalue weighted by molar-refractivity contribution is 8.15. The van der Waals surface area contributed by atoms with Crippen LogP contribution in [0, 0.1) is 0 Å². The van der Waals surface area contributed by atoms with Crippen molar-refractivity contribution in [1.29, 1.82) is 0 Å². The van der Waals surface area contributed by atoms with Crippen molar-refractivity contribution in [3.8, 4) is 5.75 Å². The zero-order chi connectivity index (χ0) is 27.8. The molecule has 8 nitrogen and oxygen atoms in total. The van der Waals surface area contributed by atoms with Gasteiger partial charge in [0.1, 0.15) is 11.0 Å². The van der Waals surface area contributed by atoms with E-state index < -0.39 is 11.2 Å². The van der Waals surface area contributed by atoms with Crippen molar-refractivity contribution in [2.45, 2.75) is 25.0 Å². The number of nitrogens with zero attached hydrogens (tertiary/aromatic N) is 2. The van der Waals surface area contributed by atoms with Gasteiger partial charge in [0, 0.05) is 23.7 Å². The average molecular weight is 566 g/mol. The molecular weight excluding hydrogens is 538 g/mol. The number of methoxy groups -OCH3 is 1. The normalized spacial score (nSPS) is 16.2. The smallest absolute Gasteiger partial charge is 0.338 e. The van der Waals surface area contributed by atoms with Gasteiger partial charge in [-0.25, -0.2) is 9.79 Å². The predicted octanol–water partition coefficient (Wildman–Crippen LogP) is 5.73. The van der Waals surface area contributed by atoms with Gasteiger partial charge >= 0.3 is 5.97 Å². The van der Waals surface area contributed by atoms with Gasteiger partial charge in [0.15, 0.2) is 5.17 Å². The Balaban J connectivity index is 1.49. The van der Waals surface area contributed by atoms with Gasteiger partial charge in [0.05, 0.1) is 25.0 Å². The van der Waals surface area contributed by atoms with Gasteiger partial charge in [0.2, 0.25) is 11.8 Å². The Morgan fingerprint density at radius 2 is 1.74 bits per heavy atom. The van der Waals surface area contributed by atoms with E-state index in [1.165, 1.54) is 11.8 Å². The van der Waals surface area contributed by atoms with Gasteiger partial charge in [-0.05, 0) is 79.6 Å². The highest BCUT2D eigenvalue weighted by Crippen LogP contribution is 2.30. The van der Waals surface area contributed by atoms with Crippen LogP contribution >= 0.6 is 23.4 Å². The first-order valence-electron chi connectivity index (χ1n) is 12.4. The highest BCUT2D eigenvalue weighted by atomic mass is 35.5. The summed E-state index contributed by atoms with van der Waals surface area (Å²) in [6, 6.07) is 21.1. The van der Waals surface area contributed by atoms with Crippen molar-refractivity contribution < 1.29 is 23.9 Å². The van der Waals surface area contributed by atoms with Crippen LogP contribution in [-0.4, -0.2) is 53.4 Å². The average Bonchev–Trinajstić information content (AvgIpc) is 2.94. The van der Waals surface area contributed by atoms with Crippen LogP contribution in [0.15, 0.2) is 77.8 Å². The maximum absolute atomic E-state index is 13.3. The number of esters is 1. The summed E-state index contributed by atoms with van der Waals surface area (Å²) in [6.07, 6.45) is 0.638. The number of amides is 2. The molecule has 3 aromatic rings. The van der Waals surface area contributed by atoms with Crippen molar-refractivity contribution in [2.75, 3.05) is 25.6 Å². The quantitative estimate of drug-likeness (QED) is 0.333. The molecule has 3 aromatic carbocycles. The standard InChI is InChI=1S/C29H28ClN3O5S/c1-3-38-28(36)20-6-10-22(11-7-20)31-27(35)25-18-26(34)33(17-16-19-4-14-24(37-2)15-5-19)29(39-25)32-23-12-8-21(30)9-13-23/h4-15,25H,3,16-18H2,1-2H3,(H,31,35)/t25-/m0/s1. The first-order chi connectivity index (χ1) is 18.9. The molecule has 0 aliphatic carbocycles. The van der Waals surface area contributed by atoms with Gasteiger partial charge in [0.25, 0.3) is 0 Å². The summed E-state index contributed by atoms with van der Waals surface area (Å²) < 4.78 is 10.2. The topological polar surface area (TPSA) is 97.3 Å². The van der Waals surface area contributed by atoms with Gasteiger partial charge in [-0.2, -0.15) is 0 Å². The zero-order valence-corrected chi connectivity index (χ0v) is 23.1. The SMILES string of the molecule is CCOC(=O)c1ccc(NC(=O)[C@@H]2CC(=O)N(CCc3ccc(OC)cc3)C(=Nc3ccc(Cl)cc3)S2)cc1. The van der Waals surface area contributed by atoms with E-state index in [1.54, 1.807) is 67.5 Å². The molecule has 0 bridgehead atoms. The fourth-order valence-corrected chi connectivity index (χ4v) is 5.10. The maximum atomic E-state index is 13.3. The van der Waals surface area contributed by atoms with E-state index in [0.29, 0.717) is 40.1 Å². The van der Waals surface area contributed by atoms with Gasteiger partial charge < -0.3 is 14.8 Å². The maximum Gasteiger partial charge on any atom is 0.338 e. The van der Waals surface area contributed by atoms with Crippen LogP contribution in [0.5, 0.6) is 5.75 Å². The van der Waals surface area contributed by atoms with Crippen LogP contribution in [0.25, 0.3) is 0 Å². The second-order valence-electron chi connectivity index (χ2n) is 8.61. The van der Waals surface area contributed by atoms with Crippen LogP contribution in [0.3, 0.4) is 0 Å². The van der Waals surface area contributed by atoms with E-state index in [-0.39, 0.29) is 24.8 Å². The summed E-state index contributed by atoms with van der Waals surface area (Å²) in [4.78, 5) is 44.6. The molecule has 1 fully saturated rings. The molecule has 10 heteroatoms. The fraction of sp³-hybridized carbons (Fsp3) is 0.241. The molecule has 0 saturated carbocycles. The lowest BCUT2D eigenvalue weighted by Crippen LogP contribution is -2.46. The molecule has 0 spiro atoms. The number of amidine groups is 1. The molecular formula is C29H28ClN3O5S. The number of hydrogen-bond acceptors (Lipinski definition) is 7. The summed E-state index contributed by atoms with van der Waals surface area (Å²) >= 11 is 7.27. The zero-order valence-electron chi connectivity index (χ0n) is 21.6. The number of thioether (sulfide) groups is 1. The Kier molecular flexibility index (Phi) is 9.62. The molecule has 202 valence electrons. The van der Waals surface area contributed by atoms with Crippen molar-refractivity contribution >= 4 is 57.7 Å². The third kappa shape index (κ3) is 7.61. The Morgan fingerprint density at radius 1 is 1.05 bits per heavy atom. The molecule has 0 unspecified atom stereocenters. The third-order valence-corrected chi connectivity index (χ3v) is 7.37. The molecule has 1 N–H and O–H groups in total. The van der Waals surface area contributed by atoms with Crippen LogP contribution in [0.1, 0.15) is 29.3 Å². The number of carbonyl (C=O) groups excluding carboxylic acids is 3. The lowest BCUT2D eigenvalue weighted by Gasteiger charge is -2.32. The Bertz CT molecular complexity index is 1340. The summed E-state index contributed by atoms with van der Waals surface area (Å²) in [5.41, 5.74) is 2.58. The van der Waals surface area contributed by atoms with Crippen molar-refractivity contribution in [2.24, 2.45) is 4.99 Å². The minimum atomic E-state index is -0.675. The van der Waals surface area contributed by atoms with E-state index in [1.807, 2.05) is 24.3 Å². The van der Waals surface area contributed by atoms with Gasteiger partial charge in [-0.3, -0.25) is 14.5 Å². The monoisotopic (exact) mass is 565 g/mol. The molecule has 1 atom stereocenters. The number of anilines is 1. The second-order valence-corrected chi connectivity index (χ2v) is 10.2.